The number of imidazole rings is 1. The summed E-state index contributed by atoms with van der Waals surface area (Å²) < 4.78 is 278. The maximum absolute atomic E-state index is 10.6. The summed E-state index contributed by atoms with van der Waals surface area (Å²) in [5.41, 5.74) is -6.63. The molecule has 0 aliphatic heterocycles. The van der Waals surface area contributed by atoms with Gasteiger partial charge in [0.05, 0.1) is 65.0 Å². The Morgan fingerprint density at radius 1 is 0.482 bits per heavy atom. The van der Waals surface area contributed by atoms with Crippen molar-refractivity contribution in [1.82, 2.24) is 14.1 Å². The SMILES string of the molecule is [2H]c1c([2H])c([2H])c(-c2cc(-c3c([2H])c([2H])c([2H])c([2H])c3[2H])c(-[n+]3[c-]n(-c4cccc(Oc5ccc6c7ccccc7n(-c7cc(C(C)(C)C)ccn7)c6c5)c4)c4cc(-c5c(C([2H])([2H])[2H])cccc5C([2H])([2H])[2H])ccc43)c(-c3c([2H])c(-c4c([2H])c([2H])c([2H])c([2H])c4[2H])c([2H])c(-c4c([2H])c([2H])c([2H])c([2H])c4[2H])c3[2H])c2)c([2H])c1[2H]. The standard InChI is InChI=1S/C78H60N4O/c1-52-22-20-23-53(2)76(52)58-36-39-72-74(47-58)80(64-32-21-33-65(49-64)83-66-37-38-68-67-34-18-19-35-71(67)82(73(68)50-66)75-48-63(40-41-79-75)78(3,4)5)51-81(72)77-69(57-30-16-9-17-31-57)45-61(56-28-14-8-15-29-56)46-70(77)62-43-59(54-24-10-6-11-25-54)42-60(44-62)55-26-12-7-13-27-55/h6-50H,1-5H3/i1D3,2D3,6D,7D,8D,9D,10D,11D,12D,13D,14D,15D,16D,17D,24D,25D,26D,27D,28D,29D,30D,31D,42D,43D,44D. The van der Waals surface area contributed by atoms with E-state index >= 15 is 0 Å². The molecule has 14 aromatic rings. The van der Waals surface area contributed by atoms with Crippen LogP contribution in [0.25, 0.3) is 117 Å². The molecular weight excluding hydrogens is 1010 g/mol. The van der Waals surface area contributed by atoms with E-state index in [1.54, 1.807) is 36.5 Å². The highest BCUT2D eigenvalue weighted by atomic mass is 16.5. The largest absolute Gasteiger partial charge is 0.458 e. The molecule has 83 heavy (non-hydrogen) atoms. The molecule has 0 aliphatic rings. The minimum Gasteiger partial charge on any atom is -0.458 e. The lowest BCUT2D eigenvalue weighted by molar-refractivity contribution is -0.571. The molecule has 14 rings (SSSR count). The van der Waals surface area contributed by atoms with Crippen LogP contribution >= 0.6 is 0 Å². The van der Waals surface area contributed by atoms with E-state index in [1.165, 1.54) is 45.5 Å². The summed E-state index contributed by atoms with van der Waals surface area (Å²) in [5, 5.41) is 1.78. The second-order valence-electron chi connectivity index (χ2n) is 20.4. The number of rotatable bonds is 11. The Hall–Kier alpha value is -10.4. The first kappa shape index (κ1) is 28.4. The first-order chi connectivity index (χ1) is 52.6. The molecule has 5 nitrogen and oxygen atoms in total. The summed E-state index contributed by atoms with van der Waals surface area (Å²) in [7, 11) is 0. The molecule has 11 aromatic carbocycles. The molecule has 0 fully saturated rings. The van der Waals surface area contributed by atoms with E-state index in [0.29, 0.717) is 17.1 Å². The van der Waals surface area contributed by atoms with E-state index in [4.69, 9.17) is 31.7 Å². The summed E-state index contributed by atoms with van der Waals surface area (Å²) in [4.78, 5) is 4.83. The van der Waals surface area contributed by atoms with Crippen molar-refractivity contribution in [2.45, 2.75) is 39.9 Å². The minimum atomic E-state index is -2.97. The molecule has 0 aliphatic carbocycles. The molecule has 0 saturated carbocycles. The number of ether oxygens (including phenoxy) is 1. The van der Waals surface area contributed by atoms with Crippen LogP contribution in [0, 0.1) is 20.0 Å². The van der Waals surface area contributed by atoms with Crippen molar-refractivity contribution in [3.63, 3.8) is 0 Å². The highest BCUT2D eigenvalue weighted by Gasteiger charge is 2.24. The number of aryl methyl sites for hydroxylation is 2. The Labute approximate surface area is 526 Å². The molecule has 0 radical (unpaired) electrons. The first-order valence-electron chi connectivity index (χ1n) is 40.6. The molecule has 0 saturated heterocycles. The molecule has 0 unspecified atom stereocenters. The molecule has 0 bridgehead atoms. The highest BCUT2D eigenvalue weighted by Crippen LogP contribution is 2.43. The maximum atomic E-state index is 10.6. The van der Waals surface area contributed by atoms with Crippen LogP contribution in [-0.2, 0) is 5.41 Å². The van der Waals surface area contributed by atoms with E-state index < -0.39 is 214 Å². The highest BCUT2D eigenvalue weighted by molar-refractivity contribution is 6.09. The van der Waals surface area contributed by atoms with Gasteiger partial charge in [-0.25, -0.2) is 4.98 Å². The molecule has 0 atom stereocenters. The lowest BCUT2D eigenvalue weighted by Gasteiger charge is -2.21. The zero-order valence-electron chi connectivity index (χ0n) is 73.4. The van der Waals surface area contributed by atoms with Crippen LogP contribution in [0.15, 0.2) is 273 Å². The Morgan fingerprint density at radius 3 is 1.73 bits per heavy atom. The number of para-hydroxylation sites is 1. The first-order valence-corrected chi connectivity index (χ1v) is 26.1. The summed E-state index contributed by atoms with van der Waals surface area (Å²) in [6, 6.07) is 11.4. The van der Waals surface area contributed by atoms with E-state index in [1.807, 2.05) is 53.1 Å². The summed E-state index contributed by atoms with van der Waals surface area (Å²) in [6.45, 7) is 0.345. The zero-order valence-corrected chi connectivity index (χ0v) is 44.4. The van der Waals surface area contributed by atoms with Crippen LogP contribution in [0.3, 0.4) is 0 Å². The summed E-state index contributed by atoms with van der Waals surface area (Å²) >= 11 is 0. The Morgan fingerprint density at radius 2 is 1.07 bits per heavy atom. The zero-order chi connectivity index (χ0) is 81.2. The monoisotopic (exact) mass is 1100 g/mol. The molecule has 0 spiro atoms. The average Bonchev–Trinajstić information content (AvgIpc) is 1.10. The molecule has 0 amide bonds. The van der Waals surface area contributed by atoms with Crippen LogP contribution < -0.4 is 9.30 Å². The van der Waals surface area contributed by atoms with Crippen LogP contribution in [0.2, 0.25) is 0 Å². The predicted molar refractivity (Wildman–Crippen MR) is 343 cm³/mol. The molecule has 398 valence electrons. The smallest absolute Gasteiger partial charge is 0.269 e. The molecule has 3 aromatic heterocycles. The number of aromatic nitrogens is 4. The van der Waals surface area contributed by atoms with E-state index in [9.17, 15) is 17.8 Å². The lowest BCUT2D eigenvalue weighted by atomic mass is 9.88. The number of hydrogen-bond donors (Lipinski definition) is 0. The van der Waals surface area contributed by atoms with Gasteiger partial charge in [0.1, 0.15) is 17.3 Å². The van der Waals surface area contributed by atoms with Crippen molar-refractivity contribution >= 4 is 32.8 Å². The minimum absolute atomic E-state index is 0.0200. The quantitative estimate of drug-likeness (QED) is 0.0956. The third-order valence-electron chi connectivity index (χ3n) is 14.2. The van der Waals surface area contributed by atoms with Gasteiger partial charge < -0.3 is 4.74 Å². The fourth-order valence-corrected chi connectivity index (χ4v) is 10.4. The number of hydrogen-bond acceptors (Lipinski definition) is 2. The maximum Gasteiger partial charge on any atom is 0.269 e. The van der Waals surface area contributed by atoms with Crippen molar-refractivity contribution in [3.8, 4) is 95.5 Å². The third-order valence-corrected chi connectivity index (χ3v) is 14.2. The van der Waals surface area contributed by atoms with Crippen molar-refractivity contribution < 1.29 is 49.1 Å². The summed E-state index contributed by atoms with van der Waals surface area (Å²) in [5.74, 6) is 1.12. The van der Waals surface area contributed by atoms with Gasteiger partial charge >= 0.3 is 0 Å². The number of benzene rings is 11. The van der Waals surface area contributed by atoms with Gasteiger partial charge in [-0.05, 0) is 187 Å². The van der Waals surface area contributed by atoms with Gasteiger partial charge in [-0.3, -0.25) is 13.7 Å². The van der Waals surface area contributed by atoms with Gasteiger partial charge in [0.15, 0.2) is 0 Å². The number of nitrogens with zero attached hydrogens (tertiary/aromatic N) is 4. The predicted octanol–water partition coefficient (Wildman–Crippen LogP) is 19.9. The van der Waals surface area contributed by atoms with E-state index in [2.05, 4.69) is 27.1 Å². The van der Waals surface area contributed by atoms with Crippen LogP contribution in [0.5, 0.6) is 11.5 Å². The average molecular weight is 1100 g/mol. The fourth-order valence-electron chi connectivity index (χ4n) is 10.4. The second kappa shape index (κ2) is 20.9. The van der Waals surface area contributed by atoms with Crippen molar-refractivity contribution in [1.29, 1.82) is 0 Å². The lowest BCUT2D eigenvalue weighted by Crippen LogP contribution is -2.31. The van der Waals surface area contributed by atoms with Crippen LogP contribution in [-0.4, -0.2) is 14.1 Å². The van der Waals surface area contributed by atoms with E-state index in [-0.39, 0.29) is 50.1 Å². The number of fused-ring (bicyclic) bond motifs is 4. The van der Waals surface area contributed by atoms with Gasteiger partial charge in [0.2, 0.25) is 0 Å². The normalized spacial score (nSPS) is 16.9. The third kappa shape index (κ3) is 9.56. The second-order valence-corrected chi connectivity index (χ2v) is 20.4. The Bertz CT molecular complexity index is 6180. The molecular formula is C78H60N4O. The van der Waals surface area contributed by atoms with Crippen LogP contribution in [0.1, 0.15) is 77.2 Å². The van der Waals surface area contributed by atoms with Gasteiger partial charge in [-0.1, -0.05) is 196 Å². The Balaban J connectivity index is 1.16. The van der Waals surface area contributed by atoms with Gasteiger partial charge in [0.25, 0.3) is 6.33 Å². The van der Waals surface area contributed by atoms with Crippen molar-refractivity contribution in [3.05, 3.63) is 296 Å². The fraction of sp³-hybridized carbons (Fsp3) is 0.0769. The molecule has 0 N–H and O–H groups in total. The van der Waals surface area contributed by atoms with Crippen molar-refractivity contribution in [2.75, 3.05) is 0 Å². The van der Waals surface area contributed by atoms with Crippen molar-refractivity contribution in [2.24, 2.45) is 0 Å². The van der Waals surface area contributed by atoms with Gasteiger partial charge in [-0.15, -0.1) is 0 Å². The summed E-state index contributed by atoms with van der Waals surface area (Å²) in [6.07, 6.45) is 5.05. The number of pyridine rings is 1. The Kier molecular flexibility index (Phi) is 7.16. The topological polar surface area (TPSA) is 35.9 Å². The van der Waals surface area contributed by atoms with E-state index in [0.717, 1.165) is 34.0 Å². The molecule has 5 heteroatoms. The van der Waals surface area contributed by atoms with Gasteiger partial charge in [-0.2, -0.15) is 0 Å². The van der Waals surface area contributed by atoms with Gasteiger partial charge in [0, 0.05) is 31.3 Å². The molecule has 3 heterocycles. The van der Waals surface area contributed by atoms with Crippen LogP contribution in [0.4, 0.5) is 0 Å².